The SMILES string of the molecule is O=C(N/N=C/c1ccc(Br)cc1)c1cccc(O)c1. The second kappa shape index (κ2) is 6.15. The van der Waals surface area contributed by atoms with Crippen LogP contribution in [0.2, 0.25) is 0 Å². The third kappa shape index (κ3) is 3.93. The summed E-state index contributed by atoms with van der Waals surface area (Å²) in [5.74, 6) is -0.325. The lowest BCUT2D eigenvalue weighted by atomic mass is 10.2. The zero-order chi connectivity index (χ0) is 13.7. The van der Waals surface area contributed by atoms with Crippen molar-refractivity contribution in [3.8, 4) is 5.75 Å². The summed E-state index contributed by atoms with van der Waals surface area (Å²) >= 11 is 3.34. The Labute approximate surface area is 118 Å². The normalized spacial score (nSPS) is 10.6. The summed E-state index contributed by atoms with van der Waals surface area (Å²) in [5, 5.41) is 13.1. The van der Waals surface area contributed by atoms with Crippen molar-refractivity contribution in [2.24, 2.45) is 5.10 Å². The lowest BCUT2D eigenvalue weighted by Gasteiger charge is -2.00. The Hall–Kier alpha value is -2.14. The minimum absolute atomic E-state index is 0.0459. The highest BCUT2D eigenvalue weighted by molar-refractivity contribution is 9.10. The van der Waals surface area contributed by atoms with Gasteiger partial charge in [-0.15, -0.1) is 0 Å². The molecule has 0 unspecified atom stereocenters. The summed E-state index contributed by atoms with van der Waals surface area (Å²) in [6.45, 7) is 0. The topological polar surface area (TPSA) is 61.7 Å². The Morgan fingerprint density at radius 2 is 1.95 bits per heavy atom. The molecule has 0 aromatic heterocycles. The molecule has 0 saturated carbocycles. The van der Waals surface area contributed by atoms with Gasteiger partial charge in [-0.2, -0.15) is 5.10 Å². The van der Waals surface area contributed by atoms with E-state index in [-0.39, 0.29) is 11.7 Å². The van der Waals surface area contributed by atoms with Crippen molar-refractivity contribution in [3.05, 3.63) is 64.1 Å². The van der Waals surface area contributed by atoms with Gasteiger partial charge in [0.1, 0.15) is 5.75 Å². The van der Waals surface area contributed by atoms with Crippen LogP contribution in [-0.4, -0.2) is 17.2 Å². The second-order valence-corrected chi connectivity index (χ2v) is 4.72. The number of nitrogens with one attached hydrogen (secondary N) is 1. The van der Waals surface area contributed by atoms with Gasteiger partial charge in [-0.25, -0.2) is 5.43 Å². The number of carbonyl (C=O) groups is 1. The van der Waals surface area contributed by atoms with E-state index in [0.29, 0.717) is 5.56 Å². The van der Waals surface area contributed by atoms with Crippen molar-refractivity contribution < 1.29 is 9.90 Å². The van der Waals surface area contributed by atoms with E-state index >= 15 is 0 Å². The molecule has 96 valence electrons. The number of carbonyl (C=O) groups excluding carboxylic acids is 1. The van der Waals surface area contributed by atoms with Gasteiger partial charge in [0.2, 0.25) is 0 Å². The second-order valence-electron chi connectivity index (χ2n) is 3.80. The Balaban J connectivity index is 1.98. The van der Waals surface area contributed by atoms with Gasteiger partial charge in [-0.1, -0.05) is 34.1 Å². The molecule has 0 fully saturated rings. The standard InChI is InChI=1S/C14H11BrN2O2/c15-12-6-4-10(5-7-12)9-16-17-14(19)11-2-1-3-13(18)8-11/h1-9,18H,(H,17,19)/b16-9+. The number of hydrazone groups is 1. The van der Waals surface area contributed by atoms with Crippen LogP contribution in [0.1, 0.15) is 15.9 Å². The van der Waals surface area contributed by atoms with Gasteiger partial charge in [-0.05, 0) is 35.9 Å². The monoisotopic (exact) mass is 318 g/mol. The molecule has 0 atom stereocenters. The first kappa shape index (κ1) is 13.3. The maximum Gasteiger partial charge on any atom is 0.271 e. The number of hydrogen-bond donors (Lipinski definition) is 2. The van der Waals surface area contributed by atoms with Gasteiger partial charge in [-0.3, -0.25) is 4.79 Å². The zero-order valence-corrected chi connectivity index (χ0v) is 11.5. The fraction of sp³-hybridized carbons (Fsp3) is 0. The van der Waals surface area contributed by atoms with Crippen molar-refractivity contribution in [2.75, 3.05) is 0 Å². The summed E-state index contributed by atoms with van der Waals surface area (Å²) in [6, 6.07) is 13.6. The van der Waals surface area contributed by atoms with E-state index in [2.05, 4.69) is 26.5 Å². The summed E-state index contributed by atoms with van der Waals surface area (Å²) in [6.07, 6.45) is 1.55. The van der Waals surface area contributed by atoms with E-state index in [1.807, 2.05) is 24.3 Å². The molecule has 19 heavy (non-hydrogen) atoms. The fourth-order valence-electron chi connectivity index (χ4n) is 1.43. The highest BCUT2D eigenvalue weighted by atomic mass is 79.9. The molecular formula is C14H11BrN2O2. The van der Waals surface area contributed by atoms with Crippen LogP contribution in [0.3, 0.4) is 0 Å². The molecule has 0 spiro atoms. The van der Waals surface area contributed by atoms with Crippen molar-refractivity contribution in [1.82, 2.24) is 5.43 Å². The van der Waals surface area contributed by atoms with Crippen LogP contribution in [-0.2, 0) is 0 Å². The van der Waals surface area contributed by atoms with Crippen LogP contribution < -0.4 is 5.43 Å². The van der Waals surface area contributed by atoms with E-state index in [1.54, 1.807) is 18.3 Å². The van der Waals surface area contributed by atoms with Crippen molar-refractivity contribution in [2.45, 2.75) is 0 Å². The predicted molar refractivity (Wildman–Crippen MR) is 77.3 cm³/mol. The first-order valence-electron chi connectivity index (χ1n) is 5.53. The molecule has 0 aliphatic rings. The molecule has 5 heteroatoms. The Morgan fingerprint density at radius 3 is 2.63 bits per heavy atom. The molecule has 2 aromatic carbocycles. The lowest BCUT2D eigenvalue weighted by Crippen LogP contribution is -2.17. The van der Waals surface area contributed by atoms with Crippen molar-refractivity contribution >= 4 is 28.1 Å². The third-order valence-corrected chi connectivity index (χ3v) is 2.89. The van der Waals surface area contributed by atoms with Crippen LogP contribution in [0.15, 0.2) is 58.1 Å². The quantitative estimate of drug-likeness (QED) is 0.675. The van der Waals surface area contributed by atoms with Gasteiger partial charge < -0.3 is 5.11 Å². The average Bonchev–Trinajstić information content (AvgIpc) is 2.41. The molecule has 0 aliphatic carbocycles. The van der Waals surface area contributed by atoms with Crippen molar-refractivity contribution in [1.29, 1.82) is 0 Å². The number of halogens is 1. The van der Waals surface area contributed by atoms with Crippen LogP contribution >= 0.6 is 15.9 Å². The number of phenolic OH excluding ortho intramolecular Hbond substituents is 1. The van der Waals surface area contributed by atoms with E-state index in [4.69, 9.17) is 0 Å². The molecule has 2 rings (SSSR count). The van der Waals surface area contributed by atoms with Crippen LogP contribution in [0.5, 0.6) is 5.75 Å². The number of rotatable bonds is 3. The first-order valence-corrected chi connectivity index (χ1v) is 6.32. The lowest BCUT2D eigenvalue weighted by molar-refractivity contribution is 0.0954. The van der Waals surface area contributed by atoms with Gasteiger partial charge in [0.15, 0.2) is 0 Å². The van der Waals surface area contributed by atoms with Gasteiger partial charge >= 0.3 is 0 Å². The Kier molecular flexibility index (Phi) is 4.30. The zero-order valence-electron chi connectivity index (χ0n) is 9.88. The number of benzene rings is 2. The van der Waals surface area contributed by atoms with Gasteiger partial charge in [0, 0.05) is 10.0 Å². The minimum Gasteiger partial charge on any atom is -0.508 e. The first-order chi connectivity index (χ1) is 9.15. The van der Waals surface area contributed by atoms with E-state index < -0.39 is 0 Å². The summed E-state index contributed by atoms with van der Waals surface area (Å²) in [4.78, 5) is 11.7. The Morgan fingerprint density at radius 1 is 1.21 bits per heavy atom. The van der Waals surface area contributed by atoms with Crippen molar-refractivity contribution in [3.63, 3.8) is 0 Å². The molecule has 1 amide bonds. The molecule has 4 nitrogen and oxygen atoms in total. The van der Waals surface area contributed by atoms with Gasteiger partial charge in [0.25, 0.3) is 5.91 Å². The van der Waals surface area contributed by atoms with Crippen LogP contribution in [0.25, 0.3) is 0 Å². The number of amides is 1. The molecule has 2 aromatic rings. The molecule has 0 aliphatic heterocycles. The average molecular weight is 319 g/mol. The summed E-state index contributed by atoms with van der Waals surface area (Å²) < 4.78 is 0.980. The number of phenols is 1. The largest absolute Gasteiger partial charge is 0.508 e. The molecular weight excluding hydrogens is 308 g/mol. The highest BCUT2D eigenvalue weighted by Gasteiger charge is 2.03. The number of aromatic hydroxyl groups is 1. The molecule has 0 bridgehead atoms. The molecule has 0 heterocycles. The highest BCUT2D eigenvalue weighted by Crippen LogP contribution is 2.11. The van der Waals surface area contributed by atoms with Crippen LogP contribution in [0.4, 0.5) is 0 Å². The Bertz CT molecular complexity index is 609. The minimum atomic E-state index is -0.371. The third-order valence-electron chi connectivity index (χ3n) is 2.36. The van der Waals surface area contributed by atoms with E-state index in [0.717, 1.165) is 10.0 Å². The molecule has 2 N–H and O–H groups in total. The maximum absolute atomic E-state index is 11.7. The molecule has 0 saturated heterocycles. The molecule has 0 radical (unpaired) electrons. The number of nitrogens with zero attached hydrogens (tertiary/aromatic N) is 1. The maximum atomic E-state index is 11.7. The smallest absolute Gasteiger partial charge is 0.271 e. The van der Waals surface area contributed by atoms with E-state index in [9.17, 15) is 9.90 Å². The fourth-order valence-corrected chi connectivity index (χ4v) is 1.69. The predicted octanol–water partition coefficient (Wildman–Crippen LogP) is 2.92. The van der Waals surface area contributed by atoms with Gasteiger partial charge in [0.05, 0.1) is 6.21 Å². The summed E-state index contributed by atoms with van der Waals surface area (Å²) in [7, 11) is 0. The number of hydrogen-bond acceptors (Lipinski definition) is 3. The van der Waals surface area contributed by atoms with E-state index in [1.165, 1.54) is 12.1 Å². The van der Waals surface area contributed by atoms with Crippen LogP contribution in [0, 0.1) is 0 Å². The summed E-state index contributed by atoms with van der Waals surface area (Å²) in [5.41, 5.74) is 3.63.